The summed E-state index contributed by atoms with van der Waals surface area (Å²) in [7, 11) is 0. The van der Waals surface area contributed by atoms with Crippen molar-refractivity contribution < 1.29 is 19.4 Å². The first-order chi connectivity index (χ1) is 9.63. The second-order valence-corrected chi connectivity index (χ2v) is 4.51. The van der Waals surface area contributed by atoms with Crippen molar-refractivity contribution in [2.75, 3.05) is 6.61 Å². The Hall–Kier alpha value is -2.30. The number of hydrogen-bond acceptors (Lipinski definition) is 3. The molecular weight excluding hydrogens is 258 g/mol. The number of benzene rings is 1. The zero-order valence-electron chi connectivity index (χ0n) is 11.3. The molecule has 2 N–H and O–H groups in total. The van der Waals surface area contributed by atoms with Crippen LogP contribution in [0.15, 0.2) is 24.4 Å². The normalized spacial score (nSPS) is 10.7. The topological polar surface area (TPSA) is 79.4 Å². The molecule has 0 spiro atoms. The lowest BCUT2D eigenvalue weighted by Gasteiger charge is -2.05. The number of carbonyl (C=O) groups excluding carboxylic acids is 1. The highest BCUT2D eigenvalue weighted by atomic mass is 16.5. The minimum atomic E-state index is -0.810. The zero-order chi connectivity index (χ0) is 14.5. The number of rotatable bonds is 6. The largest absolute Gasteiger partial charge is 0.481 e. The second-order valence-electron chi connectivity index (χ2n) is 4.51. The fourth-order valence-electron chi connectivity index (χ4n) is 2.26. The van der Waals surface area contributed by atoms with Crippen molar-refractivity contribution in [2.24, 2.45) is 0 Å². The van der Waals surface area contributed by atoms with Crippen LogP contribution in [0.1, 0.15) is 35.7 Å². The molecule has 0 aliphatic carbocycles. The van der Waals surface area contributed by atoms with E-state index in [4.69, 9.17) is 9.84 Å². The number of carbonyl (C=O) groups is 2. The van der Waals surface area contributed by atoms with Crippen molar-refractivity contribution in [3.8, 4) is 0 Å². The number of aryl methyl sites for hydroxylation is 1. The number of carboxylic acids is 1. The third kappa shape index (κ3) is 2.99. The average Bonchev–Trinajstić information content (AvgIpc) is 2.82. The SMILES string of the molecule is CCOC(=O)c1cccc2[nH]cc(CCCC(=O)O)c12. The molecule has 106 valence electrons. The molecule has 5 nitrogen and oxygen atoms in total. The van der Waals surface area contributed by atoms with E-state index in [0.717, 1.165) is 16.5 Å². The molecule has 0 fully saturated rings. The molecule has 0 unspecified atom stereocenters. The van der Waals surface area contributed by atoms with Crippen LogP contribution in [-0.2, 0) is 16.0 Å². The summed E-state index contributed by atoms with van der Waals surface area (Å²) in [6.07, 6.45) is 3.10. The summed E-state index contributed by atoms with van der Waals surface area (Å²) in [5.74, 6) is -1.16. The molecule has 0 aliphatic rings. The Morgan fingerprint density at radius 2 is 2.15 bits per heavy atom. The molecular formula is C15H17NO4. The summed E-state index contributed by atoms with van der Waals surface area (Å²) in [6.45, 7) is 2.09. The first-order valence-electron chi connectivity index (χ1n) is 6.61. The molecule has 1 aromatic carbocycles. The van der Waals surface area contributed by atoms with Crippen molar-refractivity contribution in [2.45, 2.75) is 26.2 Å². The van der Waals surface area contributed by atoms with Crippen LogP contribution >= 0.6 is 0 Å². The van der Waals surface area contributed by atoms with E-state index in [1.165, 1.54) is 0 Å². The van der Waals surface area contributed by atoms with Crippen LogP contribution in [-0.4, -0.2) is 28.6 Å². The number of fused-ring (bicyclic) bond motifs is 1. The maximum absolute atomic E-state index is 12.0. The number of nitrogens with one attached hydrogen (secondary N) is 1. The van der Waals surface area contributed by atoms with Crippen molar-refractivity contribution in [1.82, 2.24) is 4.98 Å². The van der Waals surface area contributed by atoms with E-state index >= 15 is 0 Å². The Bertz CT molecular complexity index is 630. The smallest absolute Gasteiger partial charge is 0.338 e. The molecule has 0 saturated carbocycles. The van der Waals surface area contributed by atoms with Gasteiger partial charge in [0, 0.05) is 23.5 Å². The van der Waals surface area contributed by atoms with E-state index in [9.17, 15) is 9.59 Å². The summed E-state index contributed by atoms with van der Waals surface area (Å²) < 4.78 is 5.06. The van der Waals surface area contributed by atoms with Gasteiger partial charge in [0.25, 0.3) is 0 Å². The molecule has 1 heterocycles. The zero-order valence-corrected chi connectivity index (χ0v) is 11.3. The predicted molar refractivity (Wildman–Crippen MR) is 74.8 cm³/mol. The fourth-order valence-corrected chi connectivity index (χ4v) is 2.26. The number of aromatic amines is 1. The van der Waals surface area contributed by atoms with Gasteiger partial charge in [0.15, 0.2) is 0 Å². The third-order valence-corrected chi connectivity index (χ3v) is 3.12. The van der Waals surface area contributed by atoms with E-state index in [0.29, 0.717) is 25.0 Å². The van der Waals surface area contributed by atoms with Gasteiger partial charge in [0.2, 0.25) is 0 Å². The van der Waals surface area contributed by atoms with Crippen LogP contribution in [0.25, 0.3) is 10.9 Å². The summed E-state index contributed by atoms with van der Waals surface area (Å²) in [5, 5.41) is 9.52. The molecule has 0 radical (unpaired) electrons. The molecule has 0 amide bonds. The van der Waals surface area contributed by atoms with Crippen LogP contribution in [0, 0.1) is 0 Å². The van der Waals surface area contributed by atoms with E-state index < -0.39 is 5.97 Å². The lowest BCUT2D eigenvalue weighted by atomic mass is 10.0. The number of ether oxygens (including phenoxy) is 1. The maximum atomic E-state index is 12.0. The van der Waals surface area contributed by atoms with Gasteiger partial charge in [-0.25, -0.2) is 4.79 Å². The Morgan fingerprint density at radius 3 is 2.85 bits per heavy atom. The molecule has 5 heteroatoms. The predicted octanol–water partition coefficient (Wildman–Crippen LogP) is 2.75. The summed E-state index contributed by atoms with van der Waals surface area (Å²) in [5.41, 5.74) is 2.33. The average molecular weight is 275 g/mol. The van der Waals surface area contributed by atoms with Gasteiger partial charge in [-0.3, -0.25) is 4.79 Å². The molecule has 2 aromatic rings. The van der Waals surface area contributed by atoms with E-state index in [1.54, 1.807) is 19.1 Å². The third-order valence-electron chi connectivity index (χ3n) is 3.12. The molecule has 0 bridgehead atoms. The molecule has 20 heavy (non-hydrogen) atoms. The first kappa shape index (κ1) is 14.1. The van der Waals surface area contributed by atoms with Crippen molar-refractivity contribution >= 4 is 22.8 Å². The molecule has 0 atom stereocenters. The molecule has 0 aliphatic heterocycles. The Morgan fingerprint density at radius 1 is 1.35 bits per heavy atom. The monoisotopic (exact) mass is 275 g/mol. The second kappa shape index (κ2) is 6.23. The minimum absolute atomic E-state index is 0.119. The lowest BCUT2D eigenvalue weighted by Crippen LogP contribution is -2.05. The quantitative estimate of drug-likeness (QED) is 0.794. The van der Waals surface area contributed by atoms with Crippen molar-refractivity contribution in [3.63, 3.8) is 0 Å². The summed E-state index contributed by atoms with van der Waals surface area (Å²) in [4.78, 5) is 25.6. The Kier molecular flexibility index (Phi) is 4.40. The van der Waals surface area contributed by atoms with Gasteiger partial charge in [-0.05, 0) is 37.5 Å². The number of aromatic nitrogens is 1. The van der Waals surface area contributed by atoms with Crippen LogP contribution in [0.2, 0.25) is 0 Å². The number of H-pyrrole nitrogens is 1. The Balaban J connectivity index is 2.31. The fraction of sp³-hybridized carbons (Fsp3) is 0.333. The van der Waals surface area contributed by atoms with E-state index in [2.05, 4.69) is 4.98 Å². The maximum Gasteiger partial charge on any atom is 0.338 e. The van der Waals surface area contributed by atoms with Gasteiger partial charge < -0.3 is 14.8 Å². The van der Waals surface area contributed by atoms with Crippen LogP contribution < -0.4 is 0 Å². The highest BCUT2D eigenvalue weighted by Crippen LogP contribution is 2.24. The van der Waals surface area contributed by atoms with Crippen LogP contribution in [0.4, 0.5) is 0 Å². The number of hydrogen-bond donors (Lipinski definition) is 2. The molecule has 0 saturated heterocycles. The van der Waals surface area contributed by atoms with E-state index in [1.807, 2.05) is 12.3 Å². The summed E-state index contributed by atoms with van der Waals surface area (Å²) >= 11 is 0. The highest BCUT2D eigenvalue weighted by Gasteiger charge is 2.15. The Labute approximate surface area is 116 Å². The van der Waals surface area contributed by atoms with Gasteiger partial charge in [-0.2, -0.15) is 0 Å². The molecule has 2 rings (SSSR count). The van der Waals surface area contributed by atoms with Gasteiger partial charge in [0.1, 0.15) is 0 Å². The van der Waals surface area contributed by atoms with Gasteiger partial charge >= 0.3 is 11.9 Å². The number of carboxylic acid groups (broad SMARTS) is 1. The standard InChI is InChI=1S/C15H17NO4/c1-2-20-15(19)11-6-4-7-12-14(11)10(9-16-12)5-3-8-13(17)18/h4,6-7,9,16H,2-3,5,8H2,1H3,(H,17,18). The lowest BCUT2D eigenvalue weighted by molar-refractivity contribution is -0.137. The van der Waals surface area contributed by atoms with Crippen molar-refractivity contribution in [3.05, 3.63) is 35.5 Å². The number of esters is 1. The van der Waals surface area contributed by atoms with Gasteiger partial charge in [0.05, 0.1) is 12.2 Å². The minimum Gasteiger partial charge on any atom is -0.481 e. The summed E-state index contributed by atoms with van der Waals surface area (Å²) in [6, 6.07) is 5.42. The van der Waals surface area contributed by atoms with Gasteiger partial charge in [-0.15, -0.1) is 0 Å². The van der Waals surface area contributed by atoms with E-state index in [-0.39, 0.29) is 12.4 Å². The van der Waals surface area contributed by atoms with Crippen LogP contribution in [0.3, 0.4) is 0 Å². The molecule has 1 aromatic heterocycles. The van der Waals surface area contributed by atoms with Gasteiger partial charge in [-0.1, -0.05) is 6.07 Å². The van der Waals surface area contributed by atoms with Crippen LogP contribution in [0.5, 0.6) is 0 Å². The van der Waals surface area contributed by atoms with Crippen molar-refractivity contribution in [1.29, 1.82) is 0 Å². The highest BCUT2D eigenvalue weighted by molar-refractivity contribution is 6.05. The first-order valence-corrected chi connectivity index (χ1v) is 6.61. The number of aliphatic carboxylic acids is 1.